The minimum absolute atomic E-state index is 0.0750. The van der Waals surface area contributed by atoms with Crippen molar-refractivity contribution >= 4 is 22.8 Å². The van der Waals surface area contributed by atoms with Crippen LogP contribution in [0.25, 0.3) is 10.9 Å². The summed E-state index contributed by atoms with van der Waals surface area (Å²) in [6.45, 7) is 0.501. The Morgan fingerprint density at radius 1 is 0.971 bits per heavy atom. The van der Waals surface area contributed by atoms with E-state index in [-0.39, 0.29) is 23.7 Å². The maximum absolute atomic E-state index is 14.6. The molecule has 2 N–H and O–H groups in total. The van der Waals surface area contributed by atoms with Crippen LogP contribution in [-0.2, 0) is 11.3 Å². The van der Waals surface area contributed by atoms with Crippen molar-refractivity contribution in [1.29, 1.82) is 0 Å². The van der Waals surface area contributed by atoms with Crippen LogP contribution in [0.2, 0.25) is 0 Å². The first kappa shape index (κ1) is 23.4. The highest BCUT2D eigenvalue weighted by Gasteiger charge is 2.27. The van der Waals surface area contributed by atoms with Crippen LogP contribution < -0.4 is 10.1 Å². The van der Waals surface area contributed by atoms with Gasteiger partial charge in [-0.25, -0.2) is 4.39 Å². The average molecular weight is 479 g/mol. The number of aromatic nitrogens is 1. The minimum atomic E-state index is -0.772. The molecule has 0 saturated heterocycles. The van der Waals surface area contributed by atoms with Gasteiger partial charge < -0.3 is 19.7 Å². The highest BCUT2D eigenvalue weighted by Crippen LogP contribution is 2.28. The monoisotopic (exact) mass is 478 g/mol. The van der Waals surface area contributed by atoms with Crippen LogP contribution in [0.1, 0.15) is 67.3 Å². The molecular formula is C28H31FN2O4. The van der Waals surface area contributed by atoms with Gasteiger partial charge in [-0.15, -0.1) is 0 Å². The number of benzene rings is 2. The topological polar surface area (TPSA) is 80.6 Å². The molecule has 1 aromatic heterocycles. The zero-order valence-corrected chi connectivity index (χ0v) is 19.7. The number of fused-ring (bicyclic) bond motifs is 1. The molecule has 6 nitrogen and oxygen atoms in total. The summed E-state index contributed by atoms with van der Waals surface area (Å²) in [7, 11) is 0. The summed E-state index contributed by atoms with van der Waals surface area (Å²) >= 11 is 0. The standard InChI is InChI=1S/C28H31FN2O4/c29-25-14-13-24(27(32)30-20-9-7-19(8-10-20)28(33)34)26-23(25)15-16-31(26)17-18-5-11-22(12-6-18)35-21-3-1-2-4-21/h5-6,11-16,19-21H,1-4,7-10,17H2,(H,30,32)(H,33,34). The van der Waals surface area contributed by atoms with Crippen LogP contribution in [0.3, 0.4) is 0 Å². The molecule has 184 valence electrons. The Bertz CT molecular complexity index is 1210. The largest absolute Gasteiger partial charge is 0.490 e. The zero-order valence-electron chi connectivity index (χ0n) is 19.7. The normalized spacial score (nSPS) is 20.7. The number of carboxylic acids is 1. The third kappa shape index (κ3) is 5.19. The predicted octanol–water partition coefficient (Wildman–Crippen LogP) is 5.52. The lowest BCUT2D eigenvalue weighted by molar-refractivity contribution is -0.142. The highest BCUT2D eigenvalue weighted by atomic mass is 19.1. The van der Waals surface area contributed by atoms with E-state index in [1.165, 1.54) is 25.0 Å². The van der Waals surface area contributed by atoms with Crippen molar-refractivity contribution in [3.63, 3.8) is 0 Å². The summed E-state index contributed by atoms with van der Waals surface area (Å²) in [5.74, 6) is -0.868. The molecule has 2 fully saturated rings. The van der Waals surface area contributed by atoms with E-state index in [1.54, 1.807) is 6.07 Å². The van der Waals surface area contributed by atoms with E-state index in [0.29, 0.717) is 54.8 Å². The second kappa shape index (κ2) is 10.1. The van der Waals surface area contributed by atoms with Gasteiger partial charge in [0, 0.05) is 24.2 Å². The lowest BCUT2D eigenvalue weighted by Gasteiger charge is -2.27. The number of nitrogens with one attached hydrogen (secondary N) is 1. The first-order valence-electron chi connectivity index (χ1n) is 12.5. The molecule has 5 rings (SSSR count). The Labute approximate surface area is 204 Å². The molecule has 2 saturated carbocycles. The fraction of sp³-hybridized carbons (Fsp3) is 0.429. The highest BCUT2D eigenvalue weighted by molar-refractivity contribution is 6.06. The van der Waals surface area contributed by atoms with Gasteiger partial charge in [0.2, 0.25) is 0 Å². The van der Waals surface area contributed by atoms with Crippen molar-refractivity contribution in [2.75, 3.05) is 0 Å². The number of carbonyl (C=O) groups is 2. The first-order chi connectivity index (χ1) is 17.0. The van der Waals surface area contributed by atoms with E-state index in [0.717, 1.165) is 24.2 Å². The molecule has 2 aliphatic carbocycles. The SMILES string of the molecule is O=C(NC1CCC(C(=O)O)CC1)c1ccc(F)c2ccn(Cc3ccc(OC4CCCC4)cc3)c12. The van der Waals surface area contributed by atoms with Crippen LogP contribution >= 0.6 is 0 Å². The molecule has 0 unspecified atom stereocenters. The van der Waals surface area contributed by atoms with Gasteiger partial charge in [-0.05, 0) is 87.3 Å². The Morgan fingerprint density at radius 2 is 1.69 bits per heavy atom. The van der Waals surface area contributed by atoms with Gasteiger partial charge in [-0.2, -0.15) is 0 Å². The summed E-state index contributed by atoms with van der Waals surface area (Å²) in [4.78, 5) is 24.4. The number of aliphatic carboxylic acids is 1. The maximum atomic E-state index is 14.6. The Hall–Kier alpha value is -3.35. The molecular weight excluding hydrogens is 447 g/mol. The molecule has 2 aromatic carbocycles. The van der Waals surface area contributed by atoms with E-state index in [4.69, 9.17) is 4.74 Å². The zero-order chi connectivity index (χ0) is 24.4. The van der Waals surface area contributed by atoms with Crippen molar-refractivity contribution in [2.24, 2.45) is 5.92 Å². The Balaban J connectivity index is 1.32. The van der Waals surface area contributed by atoms with Gasteiger partial charge >= 0.3 is 5.97 Å². The van der Waals surface area contributed by atoms with Gasteiger partial charge in [0.25, 0.3) is 5.91 Å². The third-order valence-electron chi connectivity index (χ3n) is 7.41. The van der Waals surface area contributed by atoms with Gasteiger partial charge in [0.1, 0.15) is 11.6 Å². The summed E-state index contributed by atoms with van der Waals surface area (Å²) in [5, 5.41) is 12.7. The lowest BCUT2D eigenvalue weighted by Crippen LogP contribution is -2.38. The Morgan fingerprint density at radius 3 is 2.37 bits per heavy atom. The average Bonchev–Trinajstić information content (AvgIpc) is 3.52. The summed E-state index contributed by atoms with van der Waals surface area (Å²) < 4.78 is 22.5. The quantitative estimate of drug-likeness (QED) is 0.468. The fourth-order valence-corrected chi connectivity index (χ4v) is 5.42. The summed E-state index contributed by atoms with van der Waals surface area (Å²) in [6, 6.07) is 12.5. The summed E-state index contributed by atoms with van der Waals surface area (Å²) in [6.07, 6.45) is 9.13. The number of hydrogen-bond donors (Lipinski definition) is 2. The van der Waals surface area contributed by atoms with Crippen LogP contribution in [0.5, 0.6) is 5.75 Å². The van der Waals surface area contributed by atoms with Gasteiger partial charge in [-0.3, -0.25) is 9.59 Å². The van der Waals surface area contributed by atoms with Gasteiger partial charge in [0.15, 0.2) is 0 Å². The van der Waals surface area contributed by atoms with Crippen molar-refractivity contribution < 1.29 is 23.8 Å². The second-order valence-corrected chi connectivity index (χ2v) is 9.83. The second-order valence-electron chi connectivity index (χ2n) is 9.83. The number of carbonyl (C=O) groups excluding carboxylic acids is 1. The van der Waals surface area contributed by atoms with E-state index < -0.39 is 5.97 Å². The van der Waals surface area contributed by atoms with Crippen LogP contribution in [-0.4, -0.2) is 33.7 Å². The van der Waals surface area contributed by atoms with Gasteiger partial charge in [0.05, 0.1) is 23.1 Å². The molecule has 3 aromatic rings. The number of nitrogens with zero attached hydrogens (tertiary/aromatic N) is 1. The molecule has 2 aliphatic rings. The molecule has 0 bridgehead atoms. The number of halogens is 1. The predicted molar refractivity (Wildman–Crippen MR) is 131 cm³/mol. The Kier molecular flexibility index (Phi) is 6.75. The van der Waals surface area contributed by atoms with E-state index >= 15 is 0 Å². The van der Waals surface area contributed by atoms with E-state index in [1.807, 2.05) is 35.0 Å². The summed E-state index contributed by atoms with van der Waals surface area (Å²) in [5.41, 5.74) is 2.02. The van der Waals surface area contributed by atoms with Crippen LogP contribution in [0.4, 0.5) is 4.39 Å². The molecule has 0 atom stereocenters. The molecule has 1 heterocycles. The van der Waals surface area contributed by atoms with Crippen LogP contribution in [0, 0.1) is 11.7 Å². The van der Waals surface area contributed by atoms with Gasteiger partial charge in [-0.1, -0.05) is 12.1 Å². The number of rotatable bonds is 7. The van der Waals surface area contributed by atoms with E-state index in [2.05, 4.69) is 5.32 Å². The van der Waals surface area contributed by atoms with Crippen molar-refractivity contribution in [2.45, 2.75) is 70.1 Å². The smallest absolute Gasteiger partial charge is 0.306 e. The van der Waals surface area contributed by atoms with E-state index in [9.17, 15) is 19.1 Å². The van der Waals surface area contributed by atoms with Crippen molar-refractivity contribution in [1.82, 2.24) is 9.88 Å². The molecule has 1 amide bonds. The number of ether oxygens (including phenoxy) is 1. The first-order valence-corrected chi connectivity index (χ1v) is 12.5. The third-order valence-corrected chi connectivity index (χ3v) is 7.41. The minimum Gasteiger partial charge on any atom is -0.490 e. The lowest BCUT2D eigenvalue weighted by atomic mass is 9.86. The molecule has 35 heavy (non-hydrogen) atoms. The van der Waals surface area contributed by atoms with Crippen molar-refractivity contribution in [3.05, 3.63) is 65.6 Å². The molecule has 0 spiro atoms. The molecule has 7 heteroatoms. The van der Waals surface area contributed by atoms with Crippen LogP contribution in [0.15, 0.2) is 48.7 Å². The number of carboxylic acid groups (broad SMARTS) is 1. The molecule has 0 aliphatic heterocycles. The maximum Gasteiger partial charge on any atom is 0.306 e. The number of amides is 1. The fourth-order valence-electron chi connectivity index (χ4n) is 5.42. The number of hydrogen-bond acceptors (Lipinski definition) is 3. The molecule has 0 radical (unpaired) electrons. The van der Waals surface area contributed by atoms with Crippen molar-refractivity contribution in [3.8, 4) is 5.75 Å².